The molecule has 7 heteroatoms. The van der Waals surface area contributed by atoms with Gasteiger partial charge in [-0.25, -0.2) is 4.98 Å². The molecule has 25 heavy (non-hydrogen) atoms. The Bertz CT molecular complexity index is 830. The van der Waals surface area contributed by atoms with Crippen LogP contribution in [0.1, 0.15) is 11.9 Å². The summed E-state index contributed by atoms with van der Waals surface area (Å²) in [5.74, 6) is -0.168. The van der Waals surface area contributed by atoms with Crippen LogP contribution in [0.15, 0.2) is 48.1 Å². The molecule has 0 aliphatic heterocycles. The maximum atomic E-state index is 12.2. The summed E-state index contributed by atoms with van der Waals surface area (Å²) in [6.07, 6.45) is 4.01. The van der Waals surface area contributed by atoms with Crippen molar-refractivity contribution >= 4 is 28.8 Å². The minimum Gasteiger partial charge on any atom is -0.355 e. The fraction of sp³-hybridized carbons (Fsp3) is 0.278. The Morgan fingerprint density at radius 1 is 1.36 bits per heavy atom. The van der Waals surface area contributed by atoms with Crippen LogP contribution in [0, 0.1) is 5.92 Å². The molecule has 0 aliphatic carbocycles. The molecule has 2 aromatic heterocycles. The lowest BCUT2D eigenvalue weighted by Gasteiger charge is -2.11. The highest BCUT2D eigenvalue weighted by Gasteiger charge is 2.14. The Kier molecular flexibility index (Phi) is 5.83. The van der Waals surface area contributed by atoms with E-state index in [-0.39, 0.29) is 11.8 Å². The summed E-state index contributed by atoms with van der Waals surface area (Å²) in [6.45, 7) is 2.96. The molecular weight excluding hydrogens is 356 g/mol. The Balaban J connectivity index is 1.46. The topological polar surface area (TPSA) is 59.8 Å². The normalized spacial score (nSPS) is 12.1. The number of hydrogen-bond donors (Lipinski definition) is 1. The van der Waals surface area contributed by atoms with E-state index >= 15 is 0 Å². The molecule has 5 nitrogen and oxygen atoms in total. The van der Waals surface area contributed by atoms with Crippen molar-refractivity contribution in [2.45, 2.75) is 19.9 Å². The van der Waals surface area contributed by atoms with Crippen LogP contribution in [0.4, 0.5) is 0 Å². The number of hydrogen-bond acceptors (Lipinski definition) is 4. The van der Waals surface area contributed by atoms with Gasteiger partial charge in [-0.2, -0.15) is 5.10 Å². The van der Waals surface area contributed by atoms with Gasteiger partial charge in [0.1, 0.15) is 0 Å². The number of carbonyl (C=O) groups excluding carboxylic acids is 1. The van der Waals surface area contributed by atoms with Crippen molar-refractivity contribution in [2.24, 2.45) is 5.92 Å². The van der Waals surface area contributed by atoms with Crippen LogP contribution in [-0.2, 0) is 17.8 Å². The highest BCUT2D eigenvalue weighted by Crippen LogP contribution is 2.21. The fourth-order valence-corrected chi connectivity index (χ4v) is 3.40. The second kappa shape index (κ2) is 8.27. The van der Waals surface area contributed by atoms with Crippen LogP contribution in [0.25, 0.3) is 11.3 Å². The van der Waals surface area contributed by atoms with Crippen molar-refractivity contribution in [3.63, 3.8) is 0 Å². The van der Waals surface area contributed by atoms with Gasteiger partial charge in [-0.1, -0.05) is 48.9 Å². The molecule has 0 fully saturated rings. The van der Waals surface area contributed by atoms with E-state index in [9.17, 15) is 4.79 Å². The van der Waals surface area contributed by atoms with Crippen molar-refractivity contribution in [1.29, 1.82) is 0 Å². The summed E-state index contributed by atoms with van der Waals surface area (Å²) in [6, 6.07) is 10.1. The predicted molar refractivity (Wildman–Crippen MR) is 101 cm³/mol. The number of halogens is 1. The molecule has 0 aliphatic rings. The summed E-state index contributed by atoms with van der Waals surface area (Å²) >= 11 is 7.45. The van der Waals surface area contributed by atoms with Gasteiger partial charge >= 0.3 is 0 Å². The van der Waals surface area contributed by atoms with E-state index in [0.717, 1.165) is 22.7 Å². The van der Waals surface area contributed by atoms with Gasteiger partial charge in [0, 0.05) is 30.1 Å². The van der Waals surface area contributed by atoms with Gasteiger partial charge in [-0.3, -0.25) is 9.48 Å². The number of nitrogens with zero attached hydrogens (tertiary/aromatic N) is 3. The molecule has 1 aromatic carbocycles. The Morgan fingerprint density at radius 2 is 2.16 bits per heavy atom. The zero-order valence-corrected chi connectivity index (χ0v) is 15.4. The van der Waals surface area contributed by atoms with Gasteiger partial charge in [0.05, 0.1) is 34.4 Å². The van der Waals surface area contributed by atoms with Gasteiger partial charge in [0.25, 0.3) is 0 Å². The first kappa shape index (κ1) is 17.6. The zero-order valence-electron chi connectivity index (χ0n) is 13.9. The van der Waals surface area contributed by atoms with Crippen molar-refractivity contribution in [1.82, 2.24) is 20.1 Å². The molecule has 2 heterocycles. The molecule has 1 unspecified atom stereocenters. The molecule has 130 valence electrons. The van der Waals surface area contributed by atoms with Crippen LogP contribution < -0.4 is 5.32 Å². The highest BCUT2D eigenvalue weighted by molar-refractivity contribution is 7.09. The van der Waals surface area contributed by atoms with Gasteiger partial charge < -0.3 is 5.32 Å². The Hall–Kier alpha value is -2.18. The molecule has 1 atom stereocenters. The predicted octanol–water partition coefficient (Wildman–Crippen LogP) is 3.66. The number of thiazole rings is 1. The molecule has 1 amide bonds. The molecule has 3 rings (SSSR count). The monoisotopic (exact) mass is 374 g/mol. The summed E-state index contributed by atoms with van der Waals surface area (Å²) in [7, 11) is 0. The maximum Gasteiger partial charge on any atom is 0.224 e. The Labute approximate surface area is 155 Å². The summed E-state index contributed by atoms with van der Waals surface area (Å²) in [4.78, 5) is 16.8. The third-order valence-corrected chi connectivity index (χ3v) is 4.87. The van der Waals surface area contributed by atoms with E-state index < -0.39 is 0 Å². The smallest absolute Gasteiger partial charge is 0.224 e. The third-order valence-electron chi connectivity index (χ3n) is 3.77. The zero-order chi connectivity index (χ0) is 17.6. The first-order valence-corrected chi connectivity index (χ1v) is 9.33. The van der Waals surface area contributed by atoms with Gasteiger partial charge in [0.2, 0.25) is 5.91 Å². The number of rotatable bonds is 7. The standard InChI is InChI=1S/C18H19ClN4OS/c1-13(10-23-11-15(19)9-21-23)18(24)20-8-7-17-22-16(12-25-17)14-5-3-2-4-6-14/h2-6,9,11-13H,7-8,10H2,1H3,(H,20,24). The van der Waals surface area contributed by atoms with Crippen molar-refractivity contribution in [2.75, 3.05) is 6.54 Å². The first-order valence-electron chi connectivity index (χ1n) is 8.07. The summed E-state index contributed by atoms with van der Waals surface area (Å²) in [5, 5.41) is 10.7. The van der Waals surface area contributed by atoms with E-state index in [1.165, 1.54) is 0 Å². The molecule has 1 N–H and O–H groups in total. The van der Waals surface area contributed by atoms with Crippen LogP contribution in [-0.4, -0.2) is 27.2 Å². The van der Waals surface area contributed by atoms with E-state index in [1.54, 1.807) is 28.4 Å². The lowest BCUT2D eigenvalue weighted by molar-refractivity contribution is -0.124. The minimum atomic E-state index is -0.174. The van der Waals surface area contributed by atoms with Gasteiger partial charge in [-0.15, -0.1) is 11.3 Å². The van der Waals surface area contributed by atoms with Crippen molar-refractivity contribution in [3.05, 3.63) is 58.1 Å². The molecule has 0 spiro atoms. The average Bonchev–Trinajstić information content (AvgIpc) is 3.25. The number of nitrogens with one attached hydrogen (secondary N) is 1. The van der Waals surface area contributed by atoms with Crippen LogP contribution >= 0.6 is 22.9 Å². The van der Waals surface area contributed by atoms with Crippen molar-refractivity contribution in [3.8, 4) is 11.3 Å². The Morgan fingerprint density at radius 3 is 2.88 bits per heavy atom. The molecular formula is C18H19ClN4OS. The molecule has 0 saturated heterocycles. The maximum absolute atomic E-state index is 12.2. The van der Waals surface area contributed by atoms with E-state index in [4.69, 9.17) is 11.6 Å². The SMILES string of the molecule is CC(Cn1cc(Cl)cn1)C(=O)NCCc1nc(-c2ccccc2)cs1. The lowest BCUT2D eigenvalue weighted by Crippen LogP contribution is -2.33. The number of aromatic nitrogens is 3. The second-order valence-electron chi connectivity index (χ2n) is 5.82. The second-order valence-corrected chi connectivity index (χ2v) is 7.19. The van der Waals surface area contributed by atoms with Crippen molar-refractivity contribution < 1.29 is 4.79 Å². The first-order chi connectivity index (χ1) is 12.1. The van der Waals surface area contributed by atoms with Crippen LogP contribution in [0.5, 0.6) is 0 Å². The molecule has 0 bridgehead atoms. The minimum absolute atomic E-state index is 0.00598. The van der Waals surface area contributed by atoms with E-state index in [1.807, 2.05) is 37.3 Å². The number of carbonyl (C=O) groups is 1. The van der Waals surface area contributed by atoms with E-state index in [0.29, 0.717) is 18.1 Å². The summed E-state index contributed by atoms with van der Waals surface area (Å²) < 4.78 is 1.68. The average molecular weight is 375 g/mol. The molecule has 0 radical (unpaired) electrons. The largest absolute Gasteiger partial charge is 0.355 e. The fourth-order valence-electron chi connectivity index (χ4n) is 2.44. The number of benzene rings is 1. The lowest BCUT2D eigenvalue weighted by atomic mass is 10.1. The van der Waals surface area contributed by atoms with Gasteiger partial charge in [0.15, 0.2) is 0 Å². The molecule has 0 saturated carbocycles. The van der Waals surface area contributed by atoms with Gasteiger partial charge in [-0.05, 0) is 0 Å². The molecule has 3 aromatic rings. The quantitative estimate of drug-likeness (QED) is 0.686. The van der Waals surface area contributed by atoms with E-state index in [2.05, 4.69) is 20.8 Å². The summed E-state index contributed by atoms with van der Waals surface area (Å²) in [5.41, 5.74) is 2.09. The highest BCUT2D eigenvalue weighted by atomic mass is 35.5. The number of amides is 1. The van der Waals surface area contributed by atoms with Crippen LogP contribution in [0.2, 0.25) is 5.02 Å². The van der Waals surface area contributed by atoms with Crippen LogP contribution in [0.3, 0.4) is 0 Å². The third kappa shape index (κ3) is 4.90.